The standard InChI is InChI=1S/C23H21ClIN3O5S/c1-3-21(34(32,33)14-9-8-13(2)26-12-14)23(31)27-18-11-20(29)19(10-16(18)24)28-22(30)15-6-4-5-7-17(15)25/h4-12,21,29H,3H2,1-2H3,(H,27,31)(H,28,30). The highest BCUT2D eigenvalue weighted by molar-refractivity contribution is 14.1. The molecule has 0 aliphatic carbocycles. The summed E-state index contributed by atoms with van der Waals surface area (Å²) in [5.74, 6) is -1.60. The average Bonchev–Trinajstić information content (AvgIpc) is 2.78. The van der Waals surface area contributed by atoms with Gasteiger partial charge in [0.05, 0.1) is 26.9 Å². The highest BCUT2D eigenvalue weighted by Gasteiger charge is 2.33. The summed E-state index contributed by atoms with van der Waals surface area (Å²) in [7, 11) is -4.01. The van der Waals surface area contributed by atoms with E-state index in [2.05, 4.69) is 15.6 Å². The Labute approximate surface area is 215 Å². The van der Waals surface area contributed by atoms with Gasteiger partial charge >= 0.3 is 0 Å². The fourth-order valence-corrected chi connectivity index (χ4v) is 5.55. The molecule has 8 nitrogen and oxygen atoms in total. The van der Waals surface area contributed by atoms with Gasteiger partial charge in [0.15, 0.2) is 9.84 Å². The number of phenols is 1. The number of rotatable bonds is 7. The molecule has 2 aromatic carbocycles. The number of carbonyl (C=O) groups is 2. The minimum absolute atomic E-state index is 0.00661. The van der Waals surface area contributed by atoms with Gasteiger partial charge < -0.3 is 15.7 Å². The number of aromatic nitrogens is 1. The molecule has 3 rings (SSSR count). The summed E-state index contributed by atoms with van der Waals surface area (Å²) in [6.45, 7) is 3.30. The van der Waals surface area contributed by atoms with Crippen molar-refractivity contribution in [1.29, 1.82) is 0 Å². The Morgan fingerprint density at radius 3 is 2.44 bits per heavy atom. The lowest BCUT2D eigenvalue weighted by Gasteiger charge is -2.17. The highest BCUT2D eigenvalue weighted by atomic mass is 127. The molecule has 1 unspecified atom stereocenters. The number of amides is 2. The number of benzene rings is 2. The van der Waals surface area contributed by atoms with Crippen LogP contribution < -0.4 is 10.6 Å². The topological polar surface area (TPSA) is 125 Å². The summed E-state index contributed by atoms with van der Waals surface area (Å²) in [4.78, 5) is 29.3. The van der Waals surface area contributed by atoms with Gasteiger partial charge in [-0.05, 0) is 66.3 Å². The molecule has 2 amide bonds. The maximum Gasteiger partial charge on any atom is 0.256 e. The molecule has 0 spiro atoms. The van der Waals surface area contributed by atoms with Crippen LogP contribution in [0.15, 0.2) is 59.6 Å². The van der Waals surface area contributed by atoms with E-state index in [1.54, 1.807) is 44.2 Å². The molecule has 0 saturated carbocycles. The van der Waals surface area contributed by atoms with Crippen molar-refractivity contribution in [1.82, 2.24) is 4.98 Å². The van der Waals surface area contributed by atoms with Crippen molar-refractivity contribution in [3.05, 3.63) is 74.6 Å². The summed E-state index contributed by atoms with van der Waals surface area (Å²) in [6.07, 6.45) is 1.22. The largest absolute Gasteiger partial charge is 0.506 e. The third kappa shape index (κ3) is 5.68. The second kappa shape index (κ2) is 10.7. The third-order valence-corrected chi connectivity index (χ3v) is 8.41. The number of aryl methyl sites for hydroxylation is 1. The van der Waals surface area contributed by atoms with Crippen molar-refractivity contribution in [3.8, 4) is 5.75 Å². The van der Waals surface area contributed by atoms with E-state index in [-0.39, 0.29) is 33.5 Å². The maximum atomic E-state index is 13.0. The number of nitrogens with one attached hydrogen (secondary N) is 2. The second-order valence-electron chi connectivity index (χ2n) is 7.35. The van der Waals surface area contributed by atoms with Crippen LogP contribution in [-0.4, -0.2) is 35.6 Å². The lowest BCUT2D eigenvalue weighted by molar-refractivity contribution is -0.115. The highest BCUT2D eigenvalue weighted by Crippen LogP contribution is 2.35. The summed E-state index contributed by atoms with van der Waals surface area (Å²) < 4.78 is 26.7. The van der Waals surface area contributed by atoms with Gasteiger partial charge in [-0.25, -0.2) is 8.42 Å². The van der Waals surface area contributed by atoms with E-state index < -0.39 is 26.9 Å². The van der Waals surface area contributed by atoms with E-state index >= 15 is 0 Å². The van der Waals surface area contributed by atoms with Crippen LogP contribution in [0.4, 0.5) is 11.4 Å². The van der Waals surface area contributed by atoms with Crippen LogP contribution in [-0.2, 0) is 14.6 Å². The van der Waals surface area contributed by atoms with Gasteiger partial charge in [-0.1, -0.05) is 30.7 Å². The number of phenolic OH excluding ortho intramolecular Hbond substituents is 1. The molecule has 178 valence electrons. The van der Waals surface area contributed by atoms with E-state index in [4.69, 9.17) is 11.6 Å². The molecule has 0 aliphatic heterocycles. The smallest absolute Gasteiger partial charge is 0.256 e. The van der Waals surface area contributed by atoms with Crippen LogP contribution in [0.1, 0.15) is 29.4 Å². The van der Waals surface area contributed by atoms with Gasteiger partial charge in [0, 0.05) is 21.5 Å². The van der Waals surface area contributed by atoms with Gasteiger partial charge in [0.1, 0.15) is 11.0 Å². The molecule has 0 radical (unpaired) electrons. The number of hydrogen-bond acceptors (Lipinski definition) is 6. The molecule has 11 heteroatoms. The number of pyridine rings is 1. The molecule has 3 N–H and O–H groups in total. The van der Waals surface area contributed by atoms with Gasteiger partial charge in [0.25, 0.3) is 5.91 Å². The second-order valence-corrected chi connectivity index (χ2v) is 11.0. The van der Waals surface area contributed by atoms with E-state index in [1.165, 1.54) is 18.3 Å². The van der Waals surface area contributed by atoms with Crippen LogP contribution in [0.2, 0.25) is 5.02 Å². The van der Waals surface area contributed by atoms with Crippen LogP contribution in [0.25, 0.3) is 0 Å². The Kier molecular flexibility index (Phi) is 8.16. The van der Waals surface area contributed by atoms with Gasteiger partial charge in [-0.15, -0.1) is 0 Å². The van der Waals surface area contributed by atoms with Crippen molar-refractivity contribution < 1.29 is 23.1 Å². The Morgan fingerprint density at radius 2 is 1.82 bits per heavy atom. The molecular formula is C23H21ClIN3O5S. The molecule has 0 aliphatic rings. The van der Waals surface area contributed by atoms with Gasteiger partial charge in [0.2, 0.25) is 5.91 Å². The lowest BCUT2D eigenvalue weighted by atomic mass is 10.2. The molecule has 3 aromatic rings. The number of halogens is 2. The quantitative estimate of drug-likeness (QED) is 0.260. The number of aromatic hydroxyl groups is 1. The zero-order chi connectivity index (χ0) is 25.0. The van der Waals surface area contributed by atoms with Crippen molar-refractivity contribution >= 4 is 67.2 Å². The molecular weight excluding hydrogens is 593 g/mol. The zero-order valence-corrected chi connectivity index (χ0v) is 21.9. The minimum atomic E-state index is -4.01. The number of nitrogens with zero attached hydrogens (tertiary/aromatic N) is 1. The predicted octanol–water partition coefficient (Wildman–Crippen LogP) is 4.80. The first-order chi connectivity index (χ1) is 16.0. The van der Waals surface area contributed by atoms with Crippen LogP contribution in [0, 0.1) is 10.5 Å². The van der Waals surface area contributed by atoms with E-state index in [0.717, 1.165) is 9.64 Å². The fourth-order valence-electron chi connectivity index (χ4n) is 3.14. The SMILES string of the molecule is CCC(C(=O)Nc1cc(O)c(NC(=O)c2ccccc2I)cc1Cl)S(=O)(=O)c1ccc(C)nc1. The minimum Gasteiger partial charge on any atom is -0.506 e. The molecule has 0 bridgehead atoms. The normalized spacial score (nSPS) is 12.1. The predicted molar refractivity (Wildman–Crippen MR) is 139 cm³/mol. The Bertz CT molecular complexity index is 1350. The molecule has 0 fully saturated rings. The molecule has 1 heterocycles. The van der Waals surface area contributed by atoms with Crippen LogP contribution >= 0.6 is 34.2 Å². The summed E-state index contributed by atoms with van der Waals surface area (Å²) in [5, 5.41) is 14.1. The molecule has 1 aromatic heterocycles. The molecule has 34 heavy (non-hydrogen) atoms. The Hall–Kier alpha value is -2.70. The van der Waals surface area contributed by atoms with Gasteiger partial charge in [-0.2, -0.15) is 0 Å². The Morgan fingerprint density at radius 1 is 1.12 bits per heavy atom. The number of sulfone groups is 1. The van der Waals surface area contributed by atoms with E-state index in [1.807, 2.05) is 22.6 Å². The van der Waals surface area contributed by atoms with Crippen LogP contribution in [0.3, 0.4) is 0 Å². The number of hydrogen-bond donors (Lipinski definition) is 3. The summed E-state index contributed by atoms with van der Waals surface area (Å²) in [6, 6.07) is 12.3. The first-order valence-electron chi connectivity index (χ1n) is 10.1. The maximum absolute atomic E-state index is 13.0. The molecule has 0 saturated heterocycles. The lowest BCUT2D eigenvalue weighted by Crippen LogP contribution is -2.35. The summed E-state index contributed by atoms with van der Waals surface area (Å²) in [5.41, 5.74) is 1.11. The molecule has 1 atom stereocenters. The van der Waals surface area contributed by atoms with Crippen molar-refractivity contribution in [2.75, 3.05) is 10.6 Å². The number of anilines is 2. The summed E-state index contributed by atoms with van der Waals surface area (Å²) >= 11 is 8.29. The third-order valence-electron chi connectivity index (χ3n) is 4.96. The van der Waals surface area contributed by atoms with Crippen molar-refractivity contribution in [2.45, 2.75) is 30.4 Å². The van der Waals surface area contributed by atoms with E-state index in [9.17, 15) is 23.1 Å². The van der Waals surface area contributed by atoms with Crippen molar-refractivity contribution in [3.63, 3.8) is 0 Å². The Balaban J connectivity index is 1.81. The zero-order valence-electron chi connectivity index (χ0n) is 18.2. The first-order valence-corrected chi connectivity index (χ1v) is 13.1. The fraction of sp³-hybridized carbons (Fsp3) is 0.174. The van der Waals surface area contributed by atoms with Crippen LogP contribution in [0.5, 0.6) is 5.75 Å². The number of carbonyl (C=O) groups excluding carboxylic acids is 2. The van der Waals surface area contributed by atoms with Gasteiger partial charge in [-0.3, -0.25) is 14.6 Å². The van der Waals surface area contributed by atoms with E-state index in [0.29, 0.717) is 11.3 Å². The van der Waals surface area contributed by atoms with Crippen molar-refractivity contribution in [2.24, 2.45) is 0 Å². The average molecular weight is 614 g/mol. The first kappa shape index (κ1) is 25.9. The monoisotopic (exact) mass is 613 g/mol.